The largest absolute Gasteiger partial charge is 0.433 e. The van der Waals surface area contributed by atoms with Crippen LogP contribution in [0.1, 0.15) is 5.56 Å². The second-order valence-corrected chi connectivity index (χ2v) is 8.33. The van der Waals surface area contributed by atoms with Crippen molar-refractivity contribution < 1.29 is 22.7 Å². The van der Waals surface area contributed by atoms with Gasteiger partial charge in [-0.3, -0.25) is 4.79 Å². The summed E-state index contributed by atoms with van der Waals surface area (Å²) in [6.45, 7) is -2.54. The SMILES string of the molecule is O=C(CSc1nnc(-c2ccccc2F)n1CCc1ccccc1)Nc1ccccc1OC(F)F. The minimum atomic E-state index is -3.01. The number of alkyl halides is 2. The molecule has 10 heteroatoms. The van der Waals surface area contributed by atoms with Crippen LogP contribution in [0.2, 0.25) is 0 Å². The average molecular weight is 499 g/mol. The number of thioether (sulfide) groups is 1. The Morgan fingerprint density at radius 1 is 0.971 bits per heavy atom. The van der Waals surface area contributed by atoms with Crippen molar-refractivity contribution >= 4 is 23.4 Å². The zero-order valence-electron chi connectivity index (χ0n) is 18.4. The Bertz CT molecular complexity index is 1280. The van der Waals surface area contributed by atoms with Crippen molar-refractivity contribution in [3.63, 3.8) is 0 Å². The van der Waals surface area contributed by atoms with E-state index in [0.717, 1.165) is 17.3 Å². The van der Waals surface area contributed by atoms with E-state index in [9.17, 15) is 18.0 Å². The highest BCUT2D eigenvalue weighted by Gasteiger charge is 2.19. The summed E-state index contributed by atoms with van der Waals surface area (Å²) in [5, 5.41) is 11.4. The van der Waals surface area contributed by atoms with Gasteiger partial charge < -0.3 is 14.6 Å². The average Bonchev–Trinajstić information content (AvgIpc) is 3.26. The molecular formula is C25H21F3N4O2S. The minimum absolute atomic E-state index is 0.0657. The third-order valence-electron chi connectivity index (χ3n) is 5.01. The lowest BCUT2D eigenvalue weighted by Crippen LogP contribution is -2.16. The summed E-state index contributed by atoms with van der Waals surface area (Å²) in [4.78, 5) is 12.6. The fraction of sp³-hybridized carbons (Fsp3) is 0.160. The number of anilines is 1. The first-order valence-corrected chi connectivity index (χ1v) is 11.7. The number of para-hydroxylation sites is 2. The number of hydrogen-bond donors (Lipinski definition) is 1. The number of hydrogen-bond acceptors (Lipinski definition) is 5. The molecule has 35 heavy (non-hydrogen) atoms. The summed E-state index contributed by atoms with van der Waals surface area (Å²) in [5.41, 5.74) is 1.53. The molecule has 0 radical (unpaired) electrons. The first kappa shape index (κ1) is 24.3. The van der Waals surface area contributed by atoms with Crippen LogP contribution in [0.25, 0.3) is 11.4 Å². The Morgan fingerprint density at radius 3 is 2.46 bits per heavy atom. The van der Waals surface area contributed by atoms with Crippen molar-refractivity contribution in [1.82, 2.24) is 14.8 Å². The minimum Gasteiger partial charge on any atom is -0.433 e. The van der Waals surface area contributed by atoms with E-state index in [-0.39, 0.29) is 17.2 Å². The summed E-state index contributed by atoms with van der Waals surface area (Å²) in [6, 6.07) is 22.0. The lowest BCUT2D eigenvalue weighted by Gasteiger charge is -2.12. The summed E-state index contributed by atoms with van der Waals surface area (Å²) in [5.74, 6) is -0.702. The summed E-state index contributed by atoms with van der Waals surface area (Å²) in [6.07, 6.45) is 0.651. The molecule has 0 bridgehead atoms. The van der Waals surface area contributed by atoms with Crippen LogP contribution in [-0.4, -0.2) is 33.0 Å². The number of benzene rings is 3. The number of carbonyl (C=O) groups excluding carboxylic acids is 1. The predicted molar refractivity (Wildman–Crippen MR) is 128 cm³/mol. The molecule has 0 aliphatic rings. The molecule has 1 N–H and O–H groups in total. The van der Waals surface area contributed by atoms with Gasteiger partial charge in [-0.1, -0.05) is 66.4 Å². The molecule has 0 aliphatic carbocycles. The smallest absolute Gasteiger partial charge is 0.387 e. The van der Waals surface area contributed by atoms with E-state index < -0.39 is 18.3 Å². The van der Waals surface area contributed by atoms with Gasteiger partial charge in [0.1, 0.15) is 11.6 Å². The van der Waals surface area contributed by atoms with Gasteiger partial charge in [-0.25, -0.2) is 4.39 Å². The van der Waals surface area contributed by atoms with Gasteiger partial charge in [0.25, 0.3) is 0 Å². The molecule has 1 heterocycles. The van der Waals surface area contributed by atoms with Gasteiger partial charge in [0.15, 0.2) is 11.0 Å². The normalized spacial score (nSPS) is 11.0. The molecule has 3 aromatic carbocycles. The number of amides is 1. The van der Waals surface area contributed by atoms with E-state index in [2.05, 4.69) is 20.3 Å². The maximum absolute atomic E-state index is 14.5. The van der Waals surface area contributed by atoms with Gasteiger partial charge in [-0.15, -0.1) is 10.2 Å². The monoisotopic (exact) mass is 498 g/mol. The number of ether oxygens (including phenoxy) is 1. The van der Waals surface area contributed by atoms with Gasteiger partial charge in [0, 0.05) is 6.54 Å². The van der Waals surface area contributed by atoms with Crippen molar-refractivity contribution in [2.24, 2.45) is 0 Å². The number of nitrogens with one attached hydrogen (secondary N) is 1. The molecular weight excluding hydrogens is 477 g/mol. The van der Waals surface area contributed by atoms with E-state index in [1.165, 1.54) is 24.3 Å². The second kappa shape index (κ2) is 11.6. The highest BCUT2D eigenvalue weighted by molar-refractivity contribution is 7.99. The Hall–Kier alpha value is -3.79. The predicted octanol–water partition coefficient (Wildman–Crippen LogP) is 5.66. The van der Waals surface area contributed by atoms with Gasteiger partial charge in [0.05, 0.1) is 17.0 Å². The number of halogens is 3. The van der Waals surface area contributed by atoms with Crippen LogP contribution < -0.4 is 10.1 Å². The van der Waals surface area contributed by atoms with Crippen LogP contribution in [0.5, 0.6) is 5.75 Å². The molecule has 180 valence electrons. The van der Waals surface area contributed by atoms with Crippen LogP contribution in [-0.2, 0) is 17.8 Å². The van der Waals surface area contributed by atoms with E-state index in [0.29, 0.717) is 29.5 Å². The quantitative estimate of drug-likeness (QED) is 0.286. The van der Waals surface area contributed by atoms with Crippen LogP contribution in [0.3, 0.4) is 0 Å². The van der Waals surface area contributed by atoms with Gasteiger partial charge in [-0.05, 0) is 36.2 Å². The number of nitrogens with zero attached hydrogens (tertiary/aromatic N) is 3. The highest BCUT2D eigenvalue weighted by Crippen LogP contribution is 2.28. The summed E-state index contributed by atoms with van der Waals surface area (Å²) < 4.78 is 46.0. The zero-order chi connectivity index (χ0) is 24.6. The molecule has 0 saturated carbocycles. The van der Waals surface area contributed by atoms with Crippen LogP contribution in [0.4, 0.5) is 18.9 Å². The highest BCUT2D eigenvalue weighted by atomic mass is 32.2. The molecule has 1 aromatic heterocycles. The van der Waals surface area contributed by atoms with Gasteiger partial charge in [-0.2, -0.15) is 8.78 Å². The number of rotatable bonds is 10. The standard InChI is InChI=1S/C25H21F3N4O2S/c26-19-11-5-4-10-18(19)23-30-31-25(32(23)15-14-17-8-2-1-3-9-17)35-16-22(33)29-20-12-6-7-13-21(20)34-24(27)28/h1-13,24H,14-16H2,(H,29,33). The van der Waals surface area contributed by atoms with Crippen molar-refractivity contribution in [2.45, 2.75) is 24.7 Å². The molecule has 6 nitrogen and oxygen atoms in total. The van der Waals surface area contributed by atoms with Crippen molar-refractivity contribution in [1.29, 1.82) is 0 Å². The molecule has 0 saturated heterocycles. The first-order valence-electron chi connectivity index (χ1n) is 10.7. The molecule has 0 fully saturated rings. The Labute approximate surface area is 204 Å². The number of aryl methyl sites for hydroxylation is 1. The number of aromatic nitrogens is 3. The molecule has 0 atom stereocenters. The summed E-state index contributed by atoms with van der Waals surface area (Å²) >= 11 is 1.12. The molecule has 0 spiro atoms. The molecule has 4 rings (SSSR count). The van der Waals surface area contributed by atoms with Gasteiger partial charge >= 0.3 is 6.61 Å². The van der Waals surface area contributed by atoms with E-state index in [1.807, 2.05) is 30.3 Å². The molecule has 4 aromatic rings. The lowest BCUT2D eigenvalue weighted by atomic mass is 10.1. The topological polar surface area (TPSA) is 69.0 Å². The van der Waals surface area contributed by atoms with Gasteiger partial charge in [0.2, 0.25) is 5.91 Å². The van der Waals surface area contributed by atoms with Crippen LogP contribution in [0.15, 0.2) is 84.0 Å². The molecule has 1 amide bonds. The Balaban J connectivity index is 1.51. The maximum Gasteiger partial charge on any atom is 0.387 e. The Morgan fingerprint density at radius 2 is 1.69 bits per heavy atom. The Kier molecular flexibility index (Phi) is 8.04. The molecule has 0 aliphatic heterocycles. The van der Waals surface area contributed by atoms with Crippen molar-refractivity contribution in [3.8, 4) is 17.1 Å². The molecule has 0 unspecified atom stereocenters. The third-order valence-corrected chi connectivity index (χ3v) is 5.97. The van der Waals surface area contributed by atoms with E-state index in [4.69, 9.17) is 0 Å². The summed E-state index contributed by atoms with van der Waals surface area (Å²) in [7, 11) is 0. The van der Waals surface area contributed by atoms with E-state index >= 15 is 0 Å². The zero-order valence-corrected chi connectivity index (χ0v) is 19.2. The van der Waals surface area contributed by atoms with Crippen LogP contribution in [0, 0.1) is 5.82 Å². The third kappa shape index (κ3) is 6.42. The van der Waals surface area contributed by atoms with Crippen molar-refractivity contribution in [2.75, 3.05) is 11.1 Å². The van der Waals surface area contributed by atoms with Crippen LogP contribution >= 0.6 is 11.8 Å². The number of carbonyl (C=O) groups is 1. The second-order valence-electron chi connectivity index (χ2n) is 7.38. The van der Waals surface area contributed by atoms with E-state index in [1.54, 1.807) is 28.8 Å². The fourth-order valence-corrected chi connectivity index (χ4v) is 4.17. The maximum atomic E-state index is 14.5. The first-order chi connectivity index (χ1) is 17.0. The fourth-order valence-electron chi connectivity index (χ4n) is 3.41. The lowest BCUT2D eigenvalue weighted by molar-refractivity contribution is -0.113. The van der Waals surface area contributed by atoms with Crippen molar-refractivity contribution in [3.05, 3.63) is 90.2 Å².